The predicted molar refractivity (Wildman–Crippen MR) is 264 cm³/mol. The number of hydrogen-bond acceptors (Lipinski definition) is 1. The summed E-state index contributed by atoms with van der Waals surface area (Å²) in [5.74, 6) is 0. The van der Waals surface area contributed by atoms with Crippen LogP contribution in [0.2, 0.25) is 0 Å². The van der Waals surface area contributed by atoms with Gasteiger partial charge in [0.25, 0.3) is 0 Å². The van der Waals surface area contributed by atoms with Crippen molar-refractivity contribution in [3.63, 3.8) is 0 Å². The van der Waals surface area contributed by atoms with Crippen molar-refractivity contribution < 1.29 is 0 Å². The van der Waals surface area contributed by atoms with Gasteiger partial charge < -0.3 is 9.47 Å². The van der Waals surface area contributed by atoms with Gasteiger partial charge in [-0.25, -0.2) is 0 Å². The number of fused-ring (bicyclic) bond motifs is 6. The number of benzene rings is 10. The summed E-state index contributed by atoms with van der Waals surface area (Å²) in [4.78, 5) is 2.43. The Kier molecular flexibility index (Phi) is 8.76. The Labute approximate surface area is 368 Å². The van der Waals surface area contributed by atoms with E-state index in [9.17, 15) is 0 Å². The van der Waals surface area contributed by atoms with E-state index in [4.69, 9.17) is 0 Å². The molecule has 296 valence electrons. The Morgan fingerprint density at radius 1 is 0.317 bits per heavy atom. The van der Waals surface area contributed by atoms with Crippen molar-refractivity contribution in [2.75, 3.05) is 4.90 Å². The van der Waals surface area contributed by atoms with Crippen LogP contribution < -0.4 is 4.90 Å². The second-order valence-electron chi connectivity index (χ2n) is 16.4. The molecule has 2 nitrogen and oxygen atoms in total. The summed E-state index contributed by atoms with van der Waals surface area (Å²) < 4.78 is 2.39. The van der Waals surface area contributed by atoms with E-state index in [1.807, 2.05) is 0 Å². The van der Waals surface area contributed by atoms with Crippen molar-refractivity contribution in [2.45, 2.75) is 5.41 Å². The molecule has 12 rings (SSSR count). The number of rotatable bonds is 8. The molecule has 0 saturated heterocycles. The Morgan fingerprint density at radius 3 is 1.59 bits per heavy atom. The third-order valence-corrected chi connectivity index (χ3v) is 13.1. The molecule has 0 N–H and O–H groups in total. The summed E-state index contributed by atoms with van der Waals surface area (Å²) >= 11 is 0. The first-order valence-electron chi connectivity index (χ1n) is 21.8. The van der Waals surface area contributed by atoms with Crippen LogP contribution in [0.15, 0.2) is 255 Å². The summed E-state index contributed by atoms with van der Waals surface area (Å²) in [6, 6.07) is 93.2. The minimum atomic E-state index is -0.499. The maximum absolute atomic E-state index is 2.45. The molecule has 0 amide bonds. The molecule has 1 aromatic heterocycles. The van der Waals surface area contributed by atoms with Gasteiger partial charge in [0.1, 0.15) is 0 Å². The van der Waals surface area contributed by atoms with E-state index in [1.165, 1.54) is 66.3 Å². The zero-order valence-corrected chi connectivity index (χ0v) is 34.6. The molecule has 0 saturated carbocycles. The van der Waals surface area contributed by atoms with Crippen molar-refractivity contribution in [3.8, 4) is 39.1 Å². The quantitative estimate of drug-likeness (QED) is 0.149. The molecule has 0 radical (unpaired) electrons. The van der Waals surface area contributed by atoms with Gasteiger partial charge >= 0.3 is 0 Å². The highest BCUT2D eigenvalue weighted by Crippen LogP contribution is 2.57. The van der Waals surface area contributed by atoms with Crippen molar-refractivity contribution in [1.82, 2.24) is 4.57 Å². The van der Waals surface area contributed by atoms with Crippen molar-refractivity contribution >= 4 is 38.9 Å². The minimum Gasteiger partial charge on any atom is -0.310 e. The molecule has 1 heterocycles. The van der Waals surface area contributed by atoms with Crippen LogP contribution in [0.5, 0.6) is 0 Å². The molecule has 0 unspecified atom stereocenters. The lowest BCUT2D eigenvalue weighted by Crippen LogP contribution is -2.28. The van der Waals surface area contributed by atoms with E-state index in [1.54, 1.807) is 0 Å². The van der Waals surface area contributed by atoms with Gasteiger partial charge in [-0.1, -0.05) is 200 Å². The molecule has 1 aliphatic carbocycles. The van der Waals surface area contributed by atoms with Gasteiger partial charge in [-0.05, 0) is 105 Å². The van der Waals surface area contributed by atoms with Crippen LogP contribution in [0.4, 0.5) is 17.1 Å². The fourth-order valence-electron chi connectivity index (χ4n) is 10.3. The van der Waals surface area contributed by atoms with Crippen molar-refractivity contribution in [3.05, 3.63) is 277 Å². The Morgan fingerprint density at radius 2 is 0.857 bits per heavy atom. The highest BCUT2D eigenvalue weighted by Gasteiger charge is 2.46. The number of para-hydroxylation sites is 4. The lowest BCUT2D eigenvalue weighted by atomic mass is 9.67. The molecular weight excluding hydrogens is 761 g/mol. The third-order valence-electron chi connectivity index (χ3n) is 13.1. The Balaban J connectivity index is 0.995. The third kappa shape index (κ3) is 5.87. The Hall–Kier alpha value is -8.20. The maximum atomic E-state index is 2.45. The van der Waals surface area contributed by atoms with E-state index in [0.29, 0.717) is 0 Å². The van der Waals surface area contributed by atoms with Gasteiger partial charge in [0, 0.05) is 33.4 Å². The van der Waals surface area contributed by atoms with E-state index < -0.39 is 5.41 Å². The zero-order chi connectivity index (χ0) is 41.7. The molecule has 0 atom stereocenters. The van der Waals surface area contributed by atoms with E-state index in [2.05, 4.69) is 264 Å². The molecule has 1 aliphatic rings. The van der Waals surface area contributed by atoms with Crippen LogP contribution >= 0.6 is 0 Å². The summed E-state index contributed by atoms with van der Waals surface area (Å²) in [5.41, 5.74) is 18.7. The fraction of sp³-hybridized carbons (Fsp3) is 0.0164. The van der Waals surface area contributed by atoms with Crippen LogP contribution in [0.1, 0.15) is 22.3 Å². The van der Waals surface area contributed by atoms with Gasteiger partial charge in [-0.15, -0.1) is 0 Å². The number of nitrogens with zero attached hydrogens (tertiary/aromatic N) is 2. The summed E-state index contributed by atoms with van der Waals surface area (Å²) in [6.45, 7) is 0. The SMILES string of the molecule is c1ccc(N(c2ccc3c(c2)C(c2ccccc2)(c2ccccc2)c2ccccc2-3)c2ccccc2-c2ccc(-c3ccc4c5ccccc5n(-c5ccccc5)c4c3)cc2)cc1. The summed E-state index contributed by atoms with van der Waals surface area (Å²) in [6.07, 6.45) is 0. The number of anilines is 3. The minimum absolute atomic E-state index is 0.499. The molecule has 0 aliphatic heterocycles. The van der Waals surface area contributed by atoms with Crippen LogP contribution in [0.3, 0.4) is 0 Å². The largest absolute Gasteiger partial charge is 0.310 e. The topological polar surface area (TPSA) is 8.17 Å². The van der Waals surface area contributed by atoms with E-state index >= 15 is 0 Å². The highest BCUT2D eigenvalue weighted by atomic mass is 15.1. The smallest absolute Gasteiger partial charge is 0.0714 e. The van der Waals surface area contributed by atoms with Crippen LogP contribution in [-0.4, -0.2) is 4.57 Å². The lowest BCUT2D eigenvalue weighted by Gasteiger charge is -2.35. The maximum Gasteiger partial charge on any atom is 0.0714 e. The van der Waals surface area contributed by atoms with Gasteiger partial charge in [-0.3, -0.25) is 0 Å². The van der Waals surface area contributed by atoms with Crippen LogP contribution in [-0.2, 0) is 5.41 Å². The Bertz CT molecular complexity index is 3380. The van der Waals surface area contributed by atoms with E-state index in [-0.39, 0.29) is 0 Å². The predicted octanol–water partition coefficient (Wildman–Crippen LogP) is 16.0. The standard InChI is InChI=1S/C61H42N2/c1-5-19-46(20-6-1)61(47-21-7-2-8-22-47)56-30-16-13-28-52(56)53-40-38-50(42-57(53)61)62(48-23-9-3-10-24-48)58-31-17-14-27-51(58)44-35-33-43(34-36-44)45-37-39-55-54-29-15-18-32-59(54)63(60(55)41-45)49-25-11-4-12-26-49/h1-42H. The molecule has 0 bridgehead atoms. The van der Waals surface area contributed by atoms with Crippen LogP contribution in [0.25, 0.3) is 60.9 Å². The van der Waals surface area contributed by atoms with E-state index in [0.717, 1.165) is 33.9 Å². The van der Waals surface area contributed by atoms with Crippen molar-refractivity contribution in [1.29, 1.82) is 0 Å². The molecule has 0 fully saturated rings. The van der Waals surface area contributed by atoms with Gasteiger partial charge in [0.2, 0.25) is 0 Å². The summed E-state index contributed by atoms with van der Waals surface area (Å²) in [7, 11) is 0. The molecule has 63 heavy (non-hydrogen) atoms. The molecular formula is C61H42N2. The van der Waals surface area contributed by atoms with Gasteiger partial charge in [-0.2, -0.15) is 0 Å². The molecule has 2 heteroatoms. The molecule has 10 aromatic carbocycles. The first-order valence-corrected chi connectivity index (χ1v) is 21.8. The normalized spacial score (nSPS) is 12.6. The van der Waals surface area contributed by atoms with Crippen LogP contribution in [0, 0.1) is 0 Å². The second kappa shape index (κ2) is 15.1. The highest BCUT2D eigenvalue weighted by molar-refractivity contribution is 6.10. The fourth-order valence-corrected chi connectivity index (χ4v) is 10.3. The monoisotopic (exact) mass is 802 g/mol. The average molecular weight is 803 g/mol. The van der Waals surface area contributed by atoms with Gasteiger partial charge in [0.15, 0.2) is 0 Å². The first kappa shape index (κ1) is 36.6. The average Bonchev–Trinajstić information content (AvgIpc) is 3.85. The van der Waals surface area contributed by atoms with Crippen molar-refractivity contribution in [2.24, 2.45) is 0 Å². The molecule has 11 aromatic rings. The zero-order valence-electron chi connectivity index (χ0n) is 34.6. The summed E-state index contributed by atoms with van der Waals surface area (Å²) in [5, 5.41) is 2.52. The molecule has 0 spiro atoms. The van der Waals surface area contributed by atoms with Gasteiger partial charge in [0.05, 0.1) is 22.1 Å². The lowest BCUT2D eigenvalue weighted by molar-refractivity contribution is 0.768. The second-order valence-corrected chi connectivity index (χ2v) is 16.4. The first-order chi connectivity index (χ1) is 31.3. The number of aromatic nitrogens is 1. The number of hydrogen-bond donors (Lipinski definition) is 0.